The first-order valence-corrected chi connectivity index (χ1v) is 10.5. The van der Waals surface area contributed by atoms with Crippen LogP contribution in [-0.4, -0.2) is 4.92 Å². The molecule has 0 unspecified atom stereocenters. The largest absolute Gasteiger partial charge is 0.486 e. The van der Waals surface area contributed by atoms with Gasteiger partial charge in [-0.05, 0) is 79.4 Å². The first-order chi connectivity index (χ1) is 14.9. The summed E-state index contributed by atoms with van der Waals surface area (Å²) in [7, 11) is 0. The Hall–Kier alpha value is -3.46. The number of benzene rings is 3. The summed E-state index contributed by atoms with van der Waals surface area (Å²) < 4.78 is 7.25. The average molecular weight is 539 g/mol. The molecule has 0 aromatic heterocycles. The van der Waals surface area contributed by atoms with Gasteiger partial charge in [-0.2, -0.15) is 10.5 Å². The van der Waals surface area contributed by atoms with Crippen molar-refractivity contribution in [1.82, 2.24) is 0 Å². The minimum absolute atomic E-state index is 0.0361. The molecule has 0 spiro atoms. The van der Waals surface area contributed by atoms with Crippen molar-refractivity contribution in [3.63, 3.8) is 0 Å². The number of nitro groups is 1. The summed E-state index contributed by atoms with van der Waals surface area (Å²) in [6.07, 6.45) is 1.69. The van der Waals surface area contributed by atoms with Crippen molar-refractivity contribution >= 4 is 49.2 Å². The molecule has 3 aromatic carbocycles. The van der Waals surface area contributed by atoms with Gasteiger partial charge in [0.25, 0.3) is 5.69 Å². The van der Waals surface area contributed by atoms with Gasteiger partial charge in [0.05, 0.1) is 37.1 Å². The van der Waals surface area contributed by atoms with E-state index in [0.717, 1.165) is 11.1 Å². The Morgan fingerprint density at radius 2 is 1.71 bits per heavy atom. The second kappa shape index (κ2) is 10.0. The Morgan fingerprint density at radius 3 is 2.29 bits per heavy atom. The number of nitro benzene ring substituents is 1. The van der Waals surface area contributed by atoms with E-state index in [2.05, 4.69) is 44.0 Å². The van der Waals surface area contributed by atoms with Crippen LogP contribution < -0.4 is 4.74 Å². The molecular weight excluding hydrogens is 526 g/mol. The molecule has 0 atom stereocenters. The molecule has 3 rings (SSSR count). The van der Waals surface area contributed by atoms with Crippen molar-refractivity contribution in [2.45, 2.75) is 6.61 Å². The predicted molar refractivity (Wildman–Crippen MR) is 124 cm³/mol. The average Bonchev–Trinajstić information content (AvgIpc) is 2.77. The van der Waals surface area contributed by atoms with Crippen LogP contribution in [0.15, 0.2) is 69.6 Å². The lowest BCUT2D eigenvalue weighted by Gasteiger charge is -2.12. The first-order valence-electron chi connectivity index (χ1n) is 8.89. The number of hydrogen-bond acceptors (Lipinski definition) is 5. The van der Waals surface area contributed by atoms with Gasteiger partial charge in [-0.15, -0.1) is 0 Å². The van der Waals surface area contributed by atoms with Gasteiger partial charge >= 0.3 is 0 Å². The molecule has 8 heteroatoms. The molecule has 0 aliphatic carbocycles. The van der Waals surface area contributed by atoms with E-state index < -0.39 is 4.92 Å². The Labute approximate surface area is 195 Å². The van der Waals surface area contributed by atoms with Crippen LogP contribution >= 0.6 is 31.9 Å². The Bertz CT molecular complexity index is 1230. The van der Waals surface area contributed by atoms with E-state index >= 15 is 0 Å². The molecule has 0 N–H and O–H groups in total. The van der Waals surface area contributed by atoms with Crippen LogP contribution in [0.25, 0.3) is 11.6 Å². The SMILES string of the molecule is N#C/C(=C/c1cc(Br)c(OCc2ccccc2C#N)c(Br)c1)c1ccc([N+](=O)[O-])cc1. The van der Waals surface area contributed by atoms with E-state index in [9.17, 15) is 20.6 Å². The predicted octanol–water partition coefficient (Wildman–Crippen LogP) is 6.63. The zero-order chi connectivity index (χ0) is 22.4. The lowest BCUT2D eigenvalue weighted by atomic mass is 10.0. The van der Waals surface area contributed by atoms with Gasteiger partial charge in [-0.25, -0.2) is 0 Å². The number of nitriles is 2. The number of rotatable bonds is 6. The van der Waals surface area contributed by atoms with Crippen molar-refractivity contribution in [2.75, 3.05) is 0 Å². The van der Waals surface area contributed by atoms with Crippen LogP contribution in [0.4, 0.5) is 5.69 Å². The van der Waals surface area contributed by atoms with Gasteiger partial charge < -0.3 is 4.74 Å². The summed E-state index contributed by atoms with van der Waals surface area (Å²) in [5.74, 6) is 0.568. The van der Waals surface area contributed by atoms with Crippen LogP contribution in [0, 0.1) is 32.8 Å². The quantitative estimate of drug-likeness (QED) is 0.152. The molecule has 0 amide bonds. The maximum atomic E-state index is 10.8. The van der Waals surface area contributed by atoms with Crippen molar-refractivity contribution in [3.05, 3.63) is 102 Å². The normalized spacial score (nSPS) is 10.8. The fraction of sp³-hybridized carbons (Fsp3) is 0.0435. The number of ether oxygens (including phenoxy) is 1. The van der Waals surface area contributed by atoms with E-state index in [1.807, 2.05) is 12.1 Å². The summed E-state index contributed by atoms with van der Waals surface area (Å²) in [5.41, 5.74) is 2.97. The fourth-order valence-corrected chi connectivity index (χ4v) is 4.27. The van der Waals surface area contributed by atoms with Crippen LogP contribution in [0.3, 0.4) is 0 Å². The first kappa shape index (κ1) is 22.2. The van der Waals surface area contributed by atoms with Crippen LogP contribution in [0.5, 0.6) is 5.75 Å². The monoisotopic (exact) mass is 537 g/mol. The van der Waals surface area contributed by atoms with Crippen LogP contribution in [0.1, 0.15) is 22.3 Å². The smallest absolute Gasteiger partial charge is 0.269 e. The van der Waals surface area contributed by atoms with Gasteiger partial charge in [0.15, 0.2) is 0 Å². The molecule has 0 fully saturated rings. The van der Waals surface area contributed by atoms with Crippen LogP contribution in [-0.2, 0) is 6.61 Å². The molecule has 0 saturated heterocycles. The van der Waals surface area contributed by atoms with E-state index in [4.69, 9.17) is 4.74 Å². The van der Waals surface area contributed by atoms with Crippen LogP contribution in [0.2, 0.25) is 0 Å². The third kappa shape index (κ3) is 5.37. The number of halogens is 2. The molecule has 0 aliphatic rings. The molecule has 0 aliphatic heterocycles. The molecule has 3 aromatic rings. The zero-order valence-electron chi connectivity index (χ0n) is 15.9. The fourth-order valence-electron chi connectivity index (χ4n) is 2.82. The maximum Gasteiger partial charge on any atom is 0.269 e. The molecule has 6 nitrogen and oxygen atoms in total. The minimum atomic E-state index is -0.485. The third-order valence-corrected chi connectivity index (χ3v) is 5.53. The minimum Gasteiger partial charge on any atom is -0.486 e. The molecule has 0 saturated carbocycles. The molecule has 152 valence electrons. The van der Waals surface area contributed by atoms with Gasteiger partial charge in [0.1, 0.15) is 12.4 Å². The molecule has 0 radical (unpaired) electrons. The highest BCUT2D eigenvalue weighted by atomic mass is 79.9. The zero-order valence-corrected chi connectivity index (χ0v) is 19.1. The van der Waals surface area contributed by atoms with E-state index in [1.54, 1.807) is 42.5 Å². The van der Waals surface area contributed by atoms with E-state index in [0.29, 0.717) is 31.4 Å². The number of nitrogens with zero attached hydrogens (tertiary/aromatic N) is 3. The van der Waals surface area contributed by atoms with E-state index in [1.165, 1.54) is 12.1 Å². The highest BCUT2D eigenvalue weighted by Crippen LogP contribution is 2.36. The summed E-state index contributed by atoms with van der Waals surface area (Å²) >= 11 is 6.99. The molecule has 0 heterocycles. The van der Waals surface area contributed by atoms with Gasteiger partial charge in [-0.1, -0.05) is 18.2 Å². The second-order valence-electron chi connectivity index (χ2n) is 6.35. The topological polar surface area (TPSA) is 99.9 Å². The number of hydrogen-bond donors (Lipinski definition) is 0. The summed E-state index contributed by atoms with van der Waals surface area (Å²) in [5, 5.41) is 29.6. The summed E-state index contributed by atoms with van der Waals surface area (Å²) in [4.78, 5) is 10.3. The Balaban J connectivity index is 1.86. The standard InChI is InChI=1S/C23H13Br2N3O3/c24-21-10-15(9-19(13-27)16-5-7-20(8-6-16)28(29)30)11-22(25)23(21)31-14-18-4-2-1-3-17(18)12-26/h1-11H,14H2/b19-9-. The van der Waals surface area contributed by atoms with Crippen molar-refractivity contribution in [2.24, 2.45) is 0 Å². The van der Waals surface area contributed by atoms with Gasteiger partial charge in [0.2, 0.25) is 0 Å². The molecular formula is C23H13Br2N3O3. The lowest BCUT2D eigenvalue weighted by molar-refractivity contribution is -0.384. The van der Waals surface area contributed by atoms with Gasteiger partial charge in [-0.3, -0.25) is 10.1 Å². The number of non-ortho nitro benzene ring substituents is 1. The molecule has 0 bridgehead atoms. The van der Waals surface area contributed by atoms with Crippen molar-refractivity contribution < 1.29 is 9.66 Å². The third-order valence-electron chi connectivity index (χ3n) is 4.35. The highest BCUT2D eigenvalue weighted by Gasteiger charge is 2.12. The second-order valence-corrected chi connectivity index (χ2v) is 8.05. The summed E-state index contributed by atoms with van der Waals surface area (Å²) in [6.45, 7) is 0.225. The molecule has 31 heavy (non-hydrogen) atoms. The summed E-state index contributed by atoms with van der Waals surface area (Å²) in [6, 6.07) is 20.9. The maximum absolute atomic E-state index is 10.8. The number of allylic oxidation sites excluding steroid dienone is 1. The van der Waals surface area contributed by atoms with Gasteiger partial charge in [0, 0.05) is 17.7 Å². The van der Waals surface area contributed by atoms with Crippen molar-refractivity contribution in [1.29, 1.82) is 10.5 Å². The Kier molecular flexibility index (Phi) is 7.19. The highest BCUT2D eigenvalue weighted by molar-refractivity contribution is 9.11. The lowest BCUT2D eigenvalue weighted by Crippen LogP contribution is -1.99. The van der Waals surface area contributed by atoms with E-state index in [-0.39, 0.29) is 12.3 Å². The Morgan fingerprint density at radius 1 is 1.06 bits per heavy atom. The van der Waals surface area contributed by atoms with Crippen molar-refractivity contribution in [3.8, 4) is 17.9 Å².